The highest BCUT2D eigenvalue weighted by atomic mass is 16.6. The fourth-order valence-corrected chi connectivity index (χ4v) is 2.91. The van der Waals surface area contributed by atoms with Crippen molar-refractivity contribution in [1.82, 2.24) is 15.1 Å². The second-order valence-corrected chi connectivity index (χ2v) is 6.32. The zero-order valence-electron chi connectivity index (χ0n) is 15.6. The van der Waals surface area contributed by atoms with Gasteiger partial charge in [0.05, 0.1) is 11.3 Å². The minimum atomic E-state index is -0.584. The highest BCUT2D eigenvalue weighted by Crippen LogP contribution is 2.23. The van der Waals surface area contributed by atoms with E-state index in [0.29, 0.717) is 17.4 Å². The smallest absolute Gasteiger partial charge is 0.282 e. The summed E-state index contributed by atoms with van der Waals surface area (Å²) in [6.07, 6.45) is 3.57. The maximum absolute atomic E-state index is 12.7. The molecule has 1 N–H and O–H groups in total. The molecule has 0 atom stereocenters. The van der Waals surface area contributed by atoms with Gasteiger partial charge in [0.15, 0.2) is 0 Å². The van der Waals surface area contributed by atoms with E-state index in [1.165, 1.54) is 18.2 Å². The highest BCUT2D eigenvalue weighted by molar-refractivity contribution is 6.07. The first kappa shape index (κ1) is 18.9. The molecule has 0 radical (unpaired) electrons. The Hall–Kier alpha value is -4.40. The van der Waals surface area contributed by atoms with Gasteiger partial charge in [-0.2, -0.15) is 4.98 Å². The van der Waals surface area contributed by atoms with E-state index in [0.717, 1.165) is 11.1 Å². The van der Waals surface area contributed by atoms with Gasteiger partial charge >= 0.3 is 0 Å². The van der Waals surface area contributed by atoms with Crippen LogP contribution in [0.1, 0.15) is 21.8 Å². The van der Waals surface area contributed by atoms with Crippen molar-refractivity contribution in [3.8, 4) is 11.4 Å². The van der Waals surface area contributed by atoms with Gasteiger partial charge in [-0.1, -0.05) is 35.5 Å². The molecule has 2 heterocycles. The van der Waals surface area contributed by atoms with E-state index < -0.39 is 10.8 Å². The fraction of sp³-hybridized carbons (Fsp3) is 0.0476. The van der Waals surface area contributed by atoms with Gasteiger partial charge in [0.25, 0.3) is 11.6 Å². The normalized spacial score (nSPS) is 10.5. The van der Waals surface area contributed by atoms with Crippen molar-refractivity contribution in [3.05, 3.63) is 100 Å². The van der Waals surface area contributed by atoms with Crippen molar-refractivity contribution in [2.45, 2.75) is 6.42 Å². The van der Waals surface area contributed by atoms with Gasteiger partial charge in [0, 0.05) is 29.7 Å². The van der Waals surface area contributed by atoms with Gasteiger partial charge < -0.3 is 9.84 Å². The molecule has 0 spiro atoms. The van der Waals surface area contributed by atoms with Crippen LogP contribution in [0, 0.1) is 10.1 Å². The number of hydrogen-bond donors (Lipinski definition) is 1. The summed E-state index contributed by atoms with van der Waals surface area (Å²) in [5, 5.41) is 17.9. The fourth-order valence-electron chi connectivity index (χ4n) is 2.91. The number of nitro benzene ring substituents is 1. The average molecular weight is 401 g/mol. The summed E-state index contributed by atoms with van der Waals surface area (Å²) in [6, 6.07) is 16.5. The lowest BCUT2D eigenvalue weighted by Gasteiger charge is -2.10. The maximum atomic E-state index is 12.7. The third kappa shape index (κ3) is 4.04. The molecule has 0 aliphatic carbocycles. The number of nitrogens with zero attached hydrogens (tertiary/aromatic N) is 4. The quantitative estimate of drug-likeness (QED) is 0.384. The van der Waals surface area contributed by atoms with E-state index in [2.05, 4.69) is 20.4 Å². The third-order valence-electron chi connectivity index (χ3n) is 4.34. The lowest BCUT2D eigenvalue weighted by molar-refractivity contribution is -0.385. The summed E-state index contributed by atoms with van der Waals surface area (Å²) in [6.45, 7) is 0. The molecule has 0 saturated carbocycles. The highest BCUT2D eigenvalue weighted by Gasteiger charge is 2.20. The molecule has 9 heteroatoms. The number of para-hydroxylation sites is 2. The Balaban J connectivity index is 1.56. The topological polar surface area (TPSA) is 124 Å². The van der Waals surface area contributed by atoms with Crippen LogP contribution in [-0.2, 0) is 6.42 Å². The van der Waals surface area contributed by atoms with E-state index in [4.69, 9.17) is 4.52 Å². The molecule has 0 saturated heterocycles. The number of nitrogens with one attached hydrogen (secondary N) is 1. The summed E-state index contributed by atoms with van der Waals surface area (Å²) >= 11 is 0. The molecule has 0 aliphatic rings. The van der Waals surface area contributed by atoms with Crippen molar-refractivity contribution in [3.63, 3.8) is 0 Å². The molecular weight excluding hydrogens is 386 g/mol. The van der Waals surface area contributed by atoms with Crippen molar-refractivity contribution < 1.29 is 14.2 Å². The minimum Gasteiger partial charge on any atom is -0.339 e. The molecule has 9 nitrogen and oxygen atoms in total. The number of benzene rings is 2. The Morgan fingerprint density at radius 1 is 1.07 bits per heavy atom. The van der Waals surface area contributed by atoms with Crippen LogP contribution in [0.2, 0.25) is 0 Å². The van der Waals surface area contributed by atoms with Crippen LogP contribution in [0.15, 0.2) is 77.6 Å². The van der Waals surface area contributed by atoms with Crippen LogP contribution < -0.4 is 5.32 Å². The molecule has 1 amide bonds. The first-order valence-corrected chi connectivity index (χ1v) is 8.97. The number of amides is 1. The van der Waals surface area contributed by atoms with Gasteiger partial charge in [0.2, 0.25) is 11.7 Å². The van der Waals surface area contributed by atoms with Crippen LogP contribution >= 0.6 is 0 Å². The second-order valence-electron chi connectivity index (χ2n) is 6.32. The maximum Gasteiger partial charge on any atom is 0.282 e. The molecule has 0 unspecified atom stereocenters. The molecular formula is C21H15N5O4. The van der Waals surface area contributed by atoms with Crippen molar-refractivity contribution in [1.29, 1.82) is 0 Å². The van der Waals surface area contributed by atoms with Crippen molar-refractivity contribution in [2.24, 2.45) is 0 Å². The van der Waals surface area contributed by atoms with E-state index in [9.17, 15) is 14.9 Å². The zero-order valence-corrected chi connectivity index (χ0v) is 15.6. The van der Waals surface area contributed by atoms with Crippen molar-refractivity contribution >= 4 is 17.3 Å². The van der Waals surface area contributed by atoms with Gasteiger partial charge in [-0.25, -0.2) is 0 Å². The van der Waals surface area contributed by atoms with Gasteiger partial charge in [-0.15, -0.1) is 0 Å². The number of carbonyl (C=O) groups is 1. The Morgan fingerprint density at radius 2 is 1.87 bits per heavy atom. The number of anilines is 1. The Labute approximate surface area is 170 Å². The molecule has 4 aromatic rings. The Kier molecular flexibility index (Phi) is 5.25. The van der Waals surface area contributed by atoms with Crippen LogP contribution in [0.25, 0.3) is 11.4 Å². The monoisotopic (exact) mass is 401 g/mol. The number of aromatic nitrogens is 3. The minimum absolute atomic E-state index is 0.0195. The molecule has 2 aromatic heterocycles. The van der Waals surface area contributed by atoms with E-state index >= 15 is 0 Å². The van der Waals surface area contributed by atoms with Crippen LogP contribution in [0.4, 0.5) is 11.4 Å². The number of nitro groups is 1. The summed E-state index contributed by atoms with van der Waals surface area (Å²) in [4.78, 5) is 31.7. The Morgan fingerprint density at radius 3 is 2.67 bits per heavy atom. The standard InChI is InChI=1S/C21H15N5O4/c27-21(16-8-2-4-10-18(16)26(28)29)23-17-9-3-1-6-14(17)12-19-24-20(25-30-19)15-7-5-11-22-13-15/h1-11,13H,12H2,(H,23,27). The molecule has 0 aliphatic heterocycles. The summed E-state index contributed by atoms with van der Waals surface area (Å²) in [5.41, 5.74) is 1.68. The third-order valence-corrected chi connectivity index (χ3v) is 4.34. The lowest BCUT2D eigenvalue weighted by atomic mass is 10.1. The average Bonchev–Trinajstić information content (AvgIpc) is 3.24. The number of rotatable bonds is 6. The molecule has 2 aromatic carbocycles. The van der Waals surface area contributed by atoms with Gasteiger partial charge in [-0.3, -0.25) is 19.9 Å². The van der Waals surface area contributed by atoms with Crippen LogP contribution in [0.3, 0.4) is 0 Å². The molecule has 0 bridgehead atoms. The van der Waals surface area contributed by atoms with E-state index in [-0.39, 0.29) is 17.7 Å². The largest absolute Gasteiger partial charge is 0.339 e. The molecule has 0 fully saturated rings. The predicted molar refractivity (Wildman–Crippen MR) is 108 cm³/mol. The van der Waals surface area contributed by atoms with Crippen molar-refractivity contribution in [2.75, 3.05) is 5.32 Å². The second kappa shape index (κ2) is 8.31. The summed E-state index contributed by atoms with van der Waals surface area (Å²) < 4.78 is 5.33. The molecule has 30 heavy (non-hydrogen) atoms. The van der Waals surface area contributed by atoms with Crippen LogP contribution in [-0.4, -0.2) is 26.0 Å². The van der Waals surface area contributed by atoms with E-state index in [1.54, 1.807) is 36.7 Å². The van der Waals surface area contributed by atoms with Crippen LogP contribution in [0.5, 0.6) is 0 Å². The summed E-state index contributed by atoms with van der Waals surface area (Å²) in [5.74, 6) is 0.206. The first-order valence-electron chi connectivity index (χ1n) is 8.97. The summed E-state index contributed by atoms with van der Waals surface area (Å²) in [7, 11) is 0. The number of carbonyl (C=O) groups excluding carboxylic acids is 1. The zero-order chi connectivity index (χ0) is 20.9. The lowest BCUT2D eigenvalue weighted by Crippen LogP contribution is -2.15. The van der Waals surface area contributed by atoms with Gasteiger partial charge in [0.1, 0.15) is 5.56 Å². The predicted octanol–water partition coefficient (Wildman–Crippen LogP) is 3.88. The molecule has 148 valence electrons. The van der Waals surface area contributed by atoms with E-state index in [1.807, 2.05) is 18.2 Å². The first-order chi connectivity index (χ1) is 14.6. The number of hydrogen-bond acceptors (Lipinski definition) is 7. The molecule has 4 rings (SSSR count). The Bertz CT molecular complexity index is 1210. The SMILES string of the molecule is O=C(Nc1ccccc1Cc1nc(-c2cccnc2)no1)c1ccccc1[N+](=O)[O-]. The van der Waals surface area contributed by atoms with Gasteiger partial charge in [-0.05, 0) is 29.8 Å². The number of pyridine rings is 1.